The normalized spacial score (nSPS) is 25.4. The van der Waals surface area contributed by atoms with Crippen molar-refractivity contribution in [1.29, 1.82) is 0 Å². The third-order valence-electron chi connectivity index (χ3n) is 0.147. The van der Waals surface area contributed by atoms with E-state index in [4.69, 9.17) is 9.85 Å². The molecule has 30 valence electrons. The predicted octanol–water partition coefficient (Wildman–Crippen LogP) is -0.468. The van der Waals surface area contributed by atoms with Gasteiger partial charge in [0.25, 0.3) is 0 Å². The van der Waals surface area contributed by atoms with E-state index in [1.165, 1.54) is 0 Å². The molecule has 5 heavy (non-hydrogen) atoms. The summed E-state index contributed by atoms with van der Waals surface area (Å²) in [5.41, 5.74) is 4.82. The fourth-order valence-electron chi connectivity index (χ4n) is 0. The minimum Gasteiger partial charge on any atom is -0.322 e. The molecule has 0 fully saturated rings. The summed E-state index contributed by atoms with van der Waals surface area (Å²) in [6.07, 6.45) is 0.215. The third kappa shape index (κ3) is 3.63. The van der Waals surface area contributed by atoms with Crippen LogP contribution in [-0.2, 0) is 4.79 Å². The van der Waals surface area contributed by atoms with E-state index in [2.05, 4.69) is 0 Å². The lowest BCUT2D eigenvalue weighted by Gasteiger charge is -1.80. The molecule has 0 aromatic heterocycles. The van der Waals surface area contributed by atoms with Crippen LogP contribution < -0.4 is 5.73 Å². The van der Waals surface area contributed by atoms with Gasteiger partial charge in [-0.2, -0.15) is 0 Å². The van der Waals surface area contributed by atoms with Crippen LogP contribution in [0.3, 0.4) is 0 Å². The van der Waals surface area contributed by atoms with E-state index in [9.17, 15) is 4.79 Å². The summed E-state index contributed by atoms with van der Waals surface area (Å²) in [6.45, 7) is -2.33. The first kappa shape index (κ1) is 1.39. The lowest BCUT2D eigenvalue weighted by atomic mass is 10.4. The van der Waals surface area contributed by atoms with Gasteiger partial charge < -0.3 is 10.5 Å². The van der Waals surface area contributed by atoms with Crippen LogP contribution in [0.4, 0.5) is 0 Å². The van der Waals surface area contributed by atoms with E-state index in [1.807, 2.05) is 0 Å². The minimum atomic E-state index is -2.33. The predicted molar refractivity (Wildman–Crippen MR) is 19.7 cm³/mol. The van der Waals surface area contributed by atoms with Crippen LogP contribution >= 0.6 is 0 Å². The Balaban J connectivity index is 3.80. The first-order chi connectivity index (χ1) is 3.48. The summed E-state index contributed by atoms with van der Waals surface area (Å²) in [4.78, 5) is 9.67. The van der Waals surface area contributed by atoms with Gasteiger partial charge in [0.1, 0.15) is 6.29 Å². The number of nitrogens with two attached hydrogens (primary N) is 1. The second-order valence-corrected chi connectivity index (χ2v) is 0.662. The Hall–Kier alpha value is -0.370. The standard InChI is InChI=1S/C3H7NO/c1-3(4)2-5/h2-3H,4H2,1H3/i1D3. The number of carbonyl (C=O) groups excluding carboxylic acids is 1. The molecule has 0 amide bonds. The molecule has 1 atom stereocenters. The van der Waals surface area contributed by atoms with Crippen molar-refractivity contribution in [2.24, 2.45) is 5.73 Å². The topological polar surface area (TPSA) is 43.1 Å². The van der Waals surface area contributed by atoms with Crippen molar-refractivity contribution in [1.82, 2.24) is 0 Å². The number of aldehydes is 1. The van der Waals surface area contributed by atoms with E-state index < -0.39 is 12.9 Å². The Morgan fingerprint density at radius 1 is 2.40 bits per heavy atom. The van der Waals surface area contributed by atoms with Gasteiger partial charge in [-0.1, -0.05) is 0 Å². The van der Waals surface area contributed by atoms with Crippen LogP contribution in [0.1, 0.15) is 11.0 Å². The van der Waals surface area contributed by atoms with Crippen LogP contribution in [0.2, 0.25) is 0 Å². The molecule has 0 aliphatic heterocycles. The Morgan fingerprint density at radius 2 is 3.00 bits per heavy atom. The Bertz CT molecular complexity index is 89.0. The van der Waals surface area contributed by atoms with Gasteiger partial charge in [0.15, 0.2) is 0 Å². The van der Waals surface area contributed by atoms with Crippen molar-refractivity contribution in [2.75, 3.05) is 0 Å². The van der Waals surface area contributed by atoms with Crippen molar-refractivity contribution in [3.8, 4) is 0 Å². The van der Waals surface area contributed by atoms with Gasteiger partial charge in [0.05, 0.1) is 6.04 Å². The molecule has 0 rings (SSSR count). The van der Waals surface area contributed by atoms with Gasteiger partial charge in [-0.15, -0.1) is 0 Å². The van der Waals surface area contributed by atoms with Crippen LogP contribution in [0.25, 0.3) is 0 Å². The lowest BCUT2D eigenvalue weighted by molar-refractivity contribution is -0.108. The summed E-state index contributed by atoms with van der Waals surface area (Å²) in [5, 5.41) is 0. The summed E-state index contributed by atoms with van der Waals surface area (Å²) in [6, 6.07) is -1.33. The highest BCUT2D eigenvalue weighted by molar-refractivity contribution is 5.55. The number of hydrogen-bond donors (Lipinski definition) is 1. The van der Waals surface area contributed by atoms with Gasteiger partial charge in [-0.3, -0.25) is 0 Å². The van der Waals surface area contributed by atoms with E-state index in [0.29, 0.717) is 0 Å². The fourth-order valence-corrected chi connectivity index (χ4v) is 0. The maximum Gasteiger partial charge on any atom is 0.136 e. The monoisotopic (exact) mass is 76.1 g/mol. The molecule has 0 aromatic carbocycles. The summed E-state index contributed by atoms with van der Waals surface area (Å²) < 4.78 is 19.5. The van der Waals surface area contributed by atoms with Crippen LogP contribution in [0.15, 0.2) is 0 Å². The molecule has 1 unspecified atom stereocenters. The summed E-state index contributed by atoms with van der Waals surface area (Å²) in [7, 11) is 0. The zero-order valence-electron chi connectivity index (χ0n) is 5.64. The second kappa shape index (κ2) is 1.91. The molecular weight excluding hydrogens is 66.0 g/mol. The molecule has 0 saturated carbocycles. The zero-order valence-corrected chi connectivity index (χ0v) is 2.64. The second-order valence-electron chi connectivity index (χ2n) is 0.662. The number of carbonyl (C=O) groups is 1. The maximum absolute atomic E-state index is 9.67. The fraction of sp³-hybridized carbons (Fsp3) is 0.667. The van der Waals surface area contributed by atoms with E-state index >= 15 is 0 Å². The summed E-state index contributed by atoms with van der Waals surface area (Å²) in [5.74, 6) is 0. The summed E-state index contributed by atoms with van der Waals surface area (Å²) >= 11 is 0. The molecule has 0 aliphatic rings. The molecule has 2 nitrogen and oxygen atoms in total. The van der Waals surface area contributed by atoms with Crippen molar-refractivity contribution in [3.63, 3.8) is 0 Å². The van der Waals surface area contributed by atoms with Gasteiger partial charge in [0.2, 0.25) is 0 Å². The highest BCUT2D eigenvalue weighted by atomic mass is 16.1. The molecule has 0 heterocycles. The van der Waals surface area contributed by atoms with Crippen molar-refractivity contribution in [2.45, 2.75) is 12.9 Å². The molecule has 0 aromatic rings. The van der Waals surface area contributed by atoms with E-state index in [-0.39, 0.29) is 6.29 Å². The van der Waals surface area contributed by atoms with Gasteiger partial charge in [0, 0.05) is 4.11 Å². The SMILES string of the molecule is [2H]C([2H])([2H])C(N)C=O. The Kier molecular flexibility index (Phi) is 0.529. The lowest BCUT2D eigenvalue weighted by Crippen LogP contribution is -2.15. The zero-order chi connectivity index (χ0) is 6.78. The van der Waals surface area contributed by atoms with Gasteiger partial charge >= 0.3 is 0 Å². The molecule has 2 N–H and O–H groups in total. The molecule has 0 aliphatic carbocycles. The minimum absolute atomic E-state index is 0.215. The third-order valence-corrected chi connectivity index (χ3v) is 0.147. The first-order valence-corrected chi connectivity index (χ1v) is 1.19. The molecule has 0 saturated heterocycles. The Morgan fingerprint density at radius 3 is 3.00 bits per heavy atom. The smallest absolute Gasteiger partial charge is 0.136 e. The largest absolute Gasteiger partial charge is 0.322 e. The molecule has 0 bridgehead atoms. The number of hydrogen-bond acceptors (Lipinski definition) is 2. The van der Waals surface area contributed by atoms with E-state index in [0.717, 1.165) is 0 Å². The first-order valence-electron chi connectivity index (χ1n) is 2.69. The molecule has 0 spiro atoms. The molecule has 2 heteroatoms. The Labute approximate surface area is 35.2 Å². The highest BCUT2D eigenvalue weighted by Crippen LogP contribution is 1.55. The maximum atomic E-state index is 9.67. The molecule has 0 radical (unpaired) electrons. The van der Waals surface area contributed by atoms with Crippen molar-refractivity contribution < 1.29 is 8.91 Å². The van der Waals surface area contributed by atoms with Gasteiger partial charge in [-0.25, -0.2) is 0 Å². The highest BCUT2D eigenvalue weighted by Gasteiger charge is 1.79. The van der Waals surface area contributed by atoms with Crippen molar-refractivity contribution in [3.05, 3.63) is 0 Å². The quantitative estimate of drug-likeness (QED) is 0.429. The average Bonchev–Trinajstić information content (AvgIpc) is 1.62. The molecular formula is C3H7NO. The van der Waals surface area contributed by atoms with E-state index in [1.54, 1.807) is 0 Å². The van der Waals surface area contributed by atoms with Crippen molar-refractivity contribution >= 4 is 6.29 Å². The van der Waals surface area contributed by atoms with Crippen LogP contribution in [-0.4, -0.2) is 12.3 Å². The van der Waals surface area contributed by atoms with Gasteiger partial charge in [-0.05, 0) is 6.85 Å². The average molecular weight is 76.1 g/mol. The van der Waals surface area contributed by atoms with Crippen LogP contribution in [0, 0.1) is 0 Å². The van der Waals surface area contributed by atoms with Crippen LogP contribution in [0.5, 0.6) is 0 Å². The number of rotatable bonds is 1.